The Balaban J connectivity index is 0.00000116. The Kier molecular flexibility index (Phi) is 8.26. The number of hydrogen-bond donors (Lipinski definition) is 1. The van der Waals surface area contributed by atoms with Gasteiger partial charge in [0.15, 0.2) is 0 Å². The Hall–Kier alpha value is -1.28. The molecule has 0 spiro atoms. The molecule has 0 aliphatic rings. The highest BCUT2D eigenvalue weighted by Crippen LogP contribution is 2.36. The van der Waals surface area contributed by atoms with Crippen molar-refractivity contribution in [2.75, 3.05) is 0 Å². The first-order chi connectivity index (χ1) is 10.7. The molecule has 2 aromatic carbocycles. The third-order valence-corrected chi connectivity index (χ3v) is 4.35. The van der Waals surface area contributed by atoms with Crippen LogP contribution in [0.15, 0.2) is 46.9 Å². The molecule has 120 valence electrons. The van der Waals surface area contributed by atoms with Crippen molar-refractivity contribution in [2.24, 2.45) is 0 Å². The molecular formula is C20H27BrO. The van der Waals surface area contributed by atoms with E-state index < -0.39 is 0 Å². The Bertz CT molecular complexity index is 563. The second-order valence-electron chi connectivity index (χ2n) is 5.12. The van der Waals surface area contributed by atoms with E-state index in [9.17, 15) is 5.11 Å². The van der Waals surface area contributed by atoms with Crippen molar-refractivity contribution in [3.63, 3.8) is 0 Å². The molecule has 1 N–H and O–H groups in total. The van der Waals surface area contributed by atoms with Gasteiger partial charge in [0.1, 0.15) is 5.75 Å². The zero-order chi connectivity index (χ0) is 16.5. The molecule has 0 heterocycles. The van der Waals surface area contributed by atoms with E-state index in [0.717, 1.165) is 23.7 Å². The van der Waals surface area contributed by atoms with Crippen LogP contribution in [0.5, 0.6) is 5.75 Å². The van der Waals surface area contributed by atoms with E-state index in [0.29, 0.717) is 11.7 Å². The SMILES string of the molecule is CC.CCCc1cc(Br)c(O)cc1C(CC)c1ccccc1. The maximum absolute atomic E-state index is 10.0. The number of hydrogen-bond acceptors (Lipinski definition) is 1. The van der Waals surface area contributed by atoms with E-state index in [1.54, 1.807) is 0 Å². The van der Waals surface area contributed by atoms with Crippen LogP contribution in [-0.2, 0) is 6.42 Å². The molecule has 22 heavy (non-hydrogen) atoms. The average molecular weight is 363 g/mol. The summed E-state index contributed by atoms with van der Waals surface area (Å²) in [6.07, 6.45) is 3.18. The van der Waals surface area contributed by atoms with Crippen molar-refractivity contribution in [3.05, 3.63) is 63.6 Å². The highest BCUT2D eigenvalue weighted by Gasteiger charge is 2.17. The molecule has 0 radical (unpaired) electrons. The van der Waals surface area contributed by atoms with Crippen LogP contribution in [0.25, 0.3) is 0 Å². The summed E-state index contributed by atoms with van der Waals surface area (Å²) in [6, 6.07) is 14.5. The molecular weight excluding hydrogens is 336 g/mol. The van der Waals surface area contributed by atoms with Crippen molar-refractivity contribution >= 4 is 15.9 Å². The monoisotopic (exact) mass is 362 g/mol. The van der Waals surface area contributed by atoms with Gasteiger partial charge in [0, 0.05) is 5.92 Å². The lowest BCUT2D eigenvalue weighted by molar-refractivity contribution is 0.470. The number of rotatable bonds is 5. The van der Waals surface area contributed by atoms with Gasteiger partial charge in [-0.05, 0) is 57.6 Å². The van der Waals surface area contributed by atoms with E-state index >= 15 is 0 Å². The largest absolute Gasteiger partial charge is 0.507 e. The number of halogens is 1. The minimum atomic E-state index is 0.328. The molecule has 0 aliphatic carbocycles. The van der Waals surface area contributed by atoms with Gasteiger partial charge in [-0.15, -0.1) is 0 Å². The first-order valence-electron chi connectivity index (χ1n) is 8.23. The highest BCUT2D eigenvalue weighted by atomic mass is 79.9. The summed E-state index contributed by atoms with van der Waals surface area (Å²) in [5.41, 5.74) is 3.89. The number of aromatic hydroxyl groups is 1. The van der Waals surface area contributed by atoms with Gasteiger partial charge in [-0.2, -0.15) is 0 Å². The minimum absolute atomic E-state index is 0.328. The smallest absolute Gasteiger partial charge is 0.130 e. The Morgan fingerprint density at radius 3 is 2.23 bits per heavy atom. The normalized spacial score (nSPS) is 11.5. The topological polar surface area (TPSA) is 20.2 Å². The molecule has 1 nitrogen and oxygen atoms in total. The van der Waals surface area contributed by atoms with Crippen molar-refractivity contribution in [2.45, 2.75) is 52.9 Å². The van der Waals surface area contributed by atoms with E-state index in [1.807, 2.05) is 26.0 Å². The van der Waals surface area contributed by atoms with Crippen LogP contribution < -0.4 is 0 Å². The van der Waals surface area contributed by atoms with Gasteiger partial charge < -0.3 is 5.11 Å². The zero-order valence-corrected chi connectivity index (χ0v) is 15.7. The summed E-state index contributed by atoms with van der Waals surface area (Å²) in [6.45, 7) is 8.39. The summed E-state index contributed by atoms with van der Waals surface area (Å²) >= 11 is 3.43. The Labute approximate surface area is 143 Å². The summed E-state index contributed by atoms with van der Waals surface area (Å²) < 4.78 is 0.785. The quantitative estimate of drug-likeness (QED) is 0.628. The second-order valence-corrected chi connectivity index (χ2v) is 5.98. The van der Waals surface area contributed by atoms with Gasteiger partial charge in [-0.1, -0.05) is 64.4 Å². The third-order valence-electron chi connectivity index (χ3n) is 3.71. The molecule has 0 bridgehead atoms. The second kappa shape index (κ2) is 9.68. The molecule has 1 unspecified atom stereocenters. The maximum Gasteiger partial charge on any atom is 0.130 e. The van der Waals surface area contributed by atoms with Gasteiger partial charge in [-0.25, -0.2) is 0 Å². The van der Waals surface area contributed by atoms with Crippen LogP contribution in [0.2, 0.25) is 0 Å². The lowest BCUT2D eigenvalue weighted by atomic mass is 9.85. The molecule has 2 heteroatoms. The van der Waals surface area contributed by atoms with E-state index in [2.05, 4.69) is 60.1 Å². The number of phenols is 1. The van der Waals surface area contributed by atoms with Crippen LogP contribution in [-0.4, -0.2) is 5.11 Å². The summed E-state index contributed by atoms with van der Waals surface area (Å²) in [5, 5.41) is 10.0. The van der Waals surface area contributed by atoms with Gasteiger partial charge in [0.25, 0.3) is 0 Å². The molecule has 2 aromatic rings. The van der Waals surface area contributed by atoms with E-state index in [4.69, 9.17) is 0 Å². The fourth-order valence-corrected chi connectivity index (χ4v) is 3.14. The fraction of sp³-hybridized carbons (Fsp3) is 0.400. The lowest BCUT2D eigenvalue weighted by Gasteiger charge is -2.20. The van der Waals surface area contributed by atoms with Crippen molar-refractivity contribution in [1.29, 1.82) is 0 Å². The van der Waals surface area contributed by atoms with Crippen molar-refractivity contribution in [1.82, 2.24) is 0 Å². The molecule has 0 saturated heterocycles. The van der Waals surface area contributed by atoms with E-state index in [1.165, 1.54) is 16.7 Å². The summed E-state index contributed by atoms with van der Waals surface area (Å²) in [7, 11) is 0. The lowest BCUT2D eigenvalue weighted by Crippen LogP contribution is -2.04. The Morgan fingerprint density at radius 2 is 1.68 bits per heavy atom. The minimum Gasteiger partial charge on any atom is -0.507 e. The van der Waals surface area contributed by atoms with Crippen LogP contribution in [0.4, 0.5) is 0 Å². The first-order valence-corrected chi connectivity index (χ1v) is 9.02. The standard InChI is InChI=1S/C18H21BrO.C2H6/c1-3-8-14-11-17(19)18(20)12-16(14)15(4-2)13-9-6-5-7-10-13;1-2/h5-7,9-12,15,20H,3-4,8H2,1-2H3;1-2H3. The molecule has 0 amide bonds. The van der Waals surface area contributed by atoms with Crippen molar-refractivity contribution in [3.8, 4) is 5.75 Å². The number of benzene rings is 2. The summed E-state index contributed by atoms with van der Waals surface area (Å²) in [5.74, 6) is 0.672. The third kappa shape index (κ3) is 4.61. The van der Waals surface area contributed by atoms with Gasteiger partial charge in [0.05, 0.1) is 4.47 Å². The average Bonchev–Trinajstić information content (AvgIpc) is 2.56. The predicted molar refractivity (Wildman–Crippen MR) is 99.7 cm³/mol. The molecule has 0 fully saturated rings. The number of phenolic OH excluding ortho intramolecular Hbond substituents is 1. The fourth-order valence-electron chi connectivity index (χ4n) is 2.75. The Morgan fingerprint density at radius 1 is 1.05 bits per heavy atom. The molecule has 0 saturated carbocycles. The molecule has 0 aliphatic heterocycles. The highest BCUT2D eigenvalue weighted by molar-refractivity contribution is 9.10. The predicted octanol–water partition coefficient (Wildman–Crippen LogP) is 6.68. The molecule has 1 atom stereocenters. The molecule has 0 aromatic heterocycles. The zero-order valence-electron chi connectivity index (χ0n) is 14.1. The van der Waals surface area contributed by atoms with Crippen LogP contribution >= 0.6 is 15.9 Å². The molecule has 2 rings (SSSR count). The van der Waals surface area contributed by atoms with Gasteiger partial charge >= 0.3 is 0 Å². The van der Waals surface area contributed by atoms with Crippen LogP contribution in [0.3, 0.4) is 0 Å². The maximum atomic E-state index is 10.0. The van der Waals surface area contributed by atoms with Crippen molar-refractivity contribution < 1.29 is 5.11 Å². The van der Waals surface area contributed by atoms with E-state index in [-0.39, 0.29) is 0 Å². The van der Waals surface area contributed by atoms with Crippen LogP contribution in [0.1, 0.15) is 63.1 Å². The van der Waals surface area contributed by atoms with Gasteiger partial charge in [0.2, 0.25) is 0 Å². The first kappa shape index (κ1) is 18.8. The summed E-state index contributed by atoms with van der Waals surface area (Å²) in [4.78, 5) is 0. The van der Waals surface area contributed by atoms with Crippen LogP contribution in [0, 0.1) is 0 Å². The number of aryl methyl sites for hydroxylation is 1. The van der Waals surface area contributed by atoms with Gasteiger partial charge in [-0.3, -0.25) is 0 Å².